The summed E-state index contributed by atoms with van der Waals surface area (Å²) in [4.78, 5) is 31.3. The number of carbonyl (C=O) groups excluding carboxylic acids is 1. The van der Waals surface area contributed by atoms with Crippen molar-refractivity contribution in [2.75, 3.05) is 19.8 Å². The SMILES string of the molecule is C=CCON(C1CN(C(=O)OC(C)(C)C)[C@H](CO[Si](C)(C)C(C)(C)C)C=C1C(C)C)S(=O)(=O)c1ccccc1[N+](=O)[O-]. The van der Waals surface area contributed by atoms with Gasteiger partial charge in [0, 0.05) is 12.6 Å². The molecule has 0 radical (unpaired) electrons. The first kappa shape index (κ1) is 35.6. The van der Waals surface area contributed by atoms with E-state index in [1.807, 2.05) is 19.9 Å². The van der Waals surface area contributed by atoms with Crippen molar-refractivity contribution < 1.29 is 32.1 Å². The molecule has 1 amide bonds. The zero-order chi connectivity index (χ0) is 32.3. The van der Waals surface area contributed by atoms with E-state index < -0.39 is 57.6 Å². The highest BCUT2D eigenvalue weighted by Crippen LogP contribution is 2.38. The summed E-state index contributed by atoms with van der Waals surface area (Å²) in [5, 5.41) is 11.7. The number of sulfonamides is 1. The largest absolute Gasteiger partial charge is 0.444 e. The van der Waals surface area contributed by atoms with Crippen LogP contribution in [0.2, 0.25) is 18.1 Å². The van der Waals surface area contributed by atoms with E-state index in [1.165, 1.54) is 29.2 Å². The van der Waals surface area contributed by atoms with E-state index in [9.17, 15) is 23.3 Å². The van der Waals surface area contributed by atoms with E-state index >= 15 is 0 Å². The Morgan fingerprint density at radius 3 is 2.31 bits per heavy atom. The van der Waals surface area contributed by atoms with E-state index in [2.05, 4.69) is 40.4 Å². The number of nitro groups is 1. The molecule has 236 valence electrons. The number of hydrogen-bond donors (Lipinski definition) is 0. The molecule has 0 aliphatic carbocycles. The normalized spacial score (nSPS) is 18.7. The van der Waals surface area contributed by atoms with Crippen molar-refractivity contribution in [3.63, 3.8) is 0 Å². The average molecular weight is 626 g/mol. The minimum Gasteiger partial charge on any atom is -0.444 e. The molecule has 1 aromatic rings. The molecule has 1 heterocycles. The summed E-state index contributed by atoms with van der Waals surface area (Å²) in [6.07, 6.45) is 2.59. The molecular weight excluding hydrogens is 578 g/mol. The lowest BCUT2D eigenvalue weighted by Gasteiger charge is -2.44. The van der Waals surface area contributed by atoms with Crippen LogP contribution < -0.4 is 0 Å². The minimum absolute atomic E-state index is 0.0701. The van der Waals surface area contributed by atoms with Crippen LogP contribution in [0.1, 0.15) is 55.4 Å². The Bertz CT molecular complexity index is 1280. The third kappa shape index (κ3) is 8.50. The lowest BCUT2D eigenvalue weighted by Crippen LogP contribution is -2.58. The molecule has 1 aliphatic rings. The Kier molecular flexibility index (Phi) is 11.3. The van der Waals surface area contributed by atoms with E-state index in [1.54, 1.807) is 20.8 Å². The maximum atomic E-state index is 14.1. The summed E-state index contributed by atoms with van der Waals surface area (Å²) in [5.74, 6) is -0.165. The van der Waals surface area contributed by atoms with Crippen molar-refractivity contribution in [1.82, 2.24) is 9.37 Å². The highest BCUT2D eigenvalue weighted by Gasteiger charge is 2.46. The smallest absolute Gasteiger partial charge is 0.410 e. The maximum Gasteiger partial charge on any atom is 0.410 e. The molecule has 0 saturated carbocycles. The van der Waals surface area contributed by atoms with Crippen molar-refractivity contribution in [2.24, 2.45) is 5.92 Å². The third-order valence-corrected chi connectivity index (χ3v) is 13.6. The van der Waals surface area contributed by atoms with Gasteiger partial charge in [-0.05, 0) is 56.5 Å². The second-order valence-corrected chi connectivity index (χ2v) is 19.7. The molecule has 0 bridgehead atoms. The molecule has 2 atom stereocenters. The van der Waals surface area contributed by atoms with Crippen LogP contribution in [0, 0.1) is 16.0 Å². The molecular formula is C29H47N3O8SSi. The molecule has 0 N–H and O–H groups in total. The summed E-state index contributed by atoms with van der Waals surface area (Å²) in [6.45, 7) is 23.2. The maximum absolute atomic E-state index is 14.1. The fourth-order valence-corrected chi connectivity index (χ4v) is 6.77. The predicted octanol–water partition coefficient (Wildman–Crippen LogP) is 6.30. The van der Waals surface area contributed by atoms with Crippen LogP contribution in [-0.4, -0.2) is 74.6 Å². The number of ether oxygens (including phenoxy) is 1. The molecule has 2 rings (SSSR count). The first-order valence-electron chi connectivity index (χ1n) is 14.0. The Labute approximate surface area is 251 Å². The number of para-hydroxylation sites is 1. The topological polar surface area (TPSA) is 129 Å². The van der Waals surface area contributed by atoms with Crippen molar-refractivity contribution >= 4 is 30.1 Å². The zero-order valence-electron chi connectivity index (χ0n) is 26.5. The second kappa shape index (κ2) is 13.4. The number of amides is 1. The highest BCUT2D eigenvalue weighted by molar-refractivity contribution is 7.89. The third-order valence-electron chi connectivity index (χ3n) is 7.41. The Balaban J connectivity index is 2.72. The molecule has 42 heavy (non-hydrogen) atoms. The number of hydroxylamine groups is 1. The van der Waals surface area contributed by atoms with E-state index in [0.717, 1.165) is 10.5 Å². The molecule has 11 nitrogen and oxygen atoms in total. The van der Waals surface area contributed by atoms with Gasteiger partial charge in [-0.25, -0.2) is 13.2 Å². The minimum atomic E-state index is -4.59. The Hall–Kier alpha value is -2.58. The zero-order valence-corrected chi connectivity index (χ0v) is 28.4. The van der Waals surface area contributed by atoms with Crippen molar-refractivity contribution in [1.29, 1.82) is 0 Å². The fraction of sp³-hybridized carbons (Fsp3) is 0.621. The van der Waals surface area contributed by atoms with Crippen LogP contribution in [0.3, 0.4) is 0 Å². The van der Waals surface area contributed by atoms with Gasteiger partial charge in [-0.3, -0.25) is 19.9 Å². The summed E-state index contributed by atoms with van der Waals surface area (Å²) < 4.78 is 41.1. The van der Waals surface area contributed by atoms with Crippen molar-refractivity contribution in [3.05, 3.63) is 58.7 Å². The lowest BCUT2D eigenvalue weighted by molar-refractivity contribution is -0.388. The van der Waals surface area contributed by atoms with Gasteiger partial charge < -0.3 is 9.16 Å². The van der Waals surface area contributed by atoms with Gasteiger partial charge in [-0.1, -0.05) is 63.4 Å². The van der Waals surface area contributed by atoms with Crippen LogP contribution in [0.5, 0.6) is 0 Å². The first-order chi connectivity index (χ1) is 19.1. The van der Waals surface area contributed by atoms with Gasteiger partial charge in [0.1, 0.15) is 5.60 Å². The molecule has 0 spiro atoms. The Morgan fingerprint density at radius 1 is 1.21 bits per heavy atom. The fourth-order valence-electron chi connectivity index (χ4n) is 4.17. The standard InChI is InChI=1S/C29H47N3O8SSi/c1-12-17-38-32(41(36,37)26-16-14-13-15-24(26)31(34)35)25-19-30(27(33)40-28(4,5)6)22(18-23(25)21(2)3)20-39-42(10,11)29(7,8)9/h12-16,18,21-22,25H,1,17,19-20H2,2-11H3/t22-,25?/m0/s1. The number of benzene rings is 1. The van der Waals surface area contributed by atoms with Crippen LogP contribution in [0.4, 0.5) is 10.5 Å². The van der Waals surface area contributed by atoms with Gasteiger partial charge in [0.05, 0.1) is 30.2 Å². The van der Waals surface area contributed by atoms with Crippen LogP contribution in [-0.2, 0) is 24.0 Å². The molecule has 1 unspecified atom stereocenters. The number of hydrogen-bond acceptors (Lipinski definition) is 8. The molecule has 1 aliphatic heterocycles. The van der Waals surface area contributed by atoms with Gasteiger partial charge in [-0.15, -0.1) is 6.58 Å². The van der Waals surface area contributed by atoms with Gasteiger partial charge in [0.15, 0.2) is 13.2 Å². The predicted molar refractivity (Wildman–Crippen MR) is 165 cm³/mol. The summed E-state index contributed by atoms with van der Waals surface area (Å²) in [7, 11) is -6.80. The van der Waals surface area contributed by atoms with Crippen LogP contribution in [0.15, 0.2) is 53.5 Å². The number of rotatable bonds is 11. The molecule has 0 saturated heterocycles. The molecule has 0 aromatic heterocycles. The van der Waals surface area contributed by atoms with Crippen molar-refractivity contribution in [3.8, 4) is 0 Å². The van der Waals surface area contributed by atoms with E-state index in [4.69, 9.17) is 14.0 Å². The first-order valence-corrected chi connectivity index (χ1v) is 18.4. The molecule has 13 heteroatoms. The molecule has 0 fully saturated rings. The number of carbonyl (C=O) groups is 1. The summed E-state index contributed by atoms with van der Waals surface area (Å²) >= 11 is 0. The summed E-state index contributed by atoms with van der Waals surface area (Å²) in [5.41, 5.74) is -0.708. The number of nitro benzene ring substituents is 1. The molecule has 1 aromatic carbocycles. The second-order valence-electron chi connectivity index (χ2n) is 13.2. The van der Waals surface area contributed by atoms with Gasteiger partial charge in [0.2, 0.25) is 0 Å². The lowest BCUT2D eigenvalue weighted by atomic mass is 9.90. The summed E-state index contributed by atoms with van der Waals surface area (Å²) in [6, 6.07) is 3.54. The van der Waals surface area contributed by atoms with Crippen LogP contribution in [0.25, 0.3) is 0 Å². The van der Waals surface area contributed by atoms with Crippen molar-refractivity contribution in [2.45, 2.75) is 96.1 Å². The highest BCUT2D eigenvalue weighted by atomic mass is 32.2. The van der Waals surface area contributed by atoms with E-state index in [-0.39, 0.29) is 30.7 Å². The van der Waals surface area contributed by atoms with E-state index in [0.29, 0.717) is 5.57 Å². The van der Waals surface area contributed by atoms with Gasteiger partial charge in [0.25, 0.3) is 15.7 Å². The Morgan fingerprint density at radius 2 is 1.81 bits per heavy atom. The number of nitrogens with zero attached hydrogens (tertiary/aromatic N) is 3. The average Bonchev–Trinajstić information content (AvgIpc) is 2.85. The quantitative estimate of drug-likeness (QED) is 0.121. The van der Waals surface area contributed by atoms with Gasteiger partial charge in [-0.2, -0.15) is 0 Å². The monoisotopic (exact) mass is 625 g/mol. The van der Waals surface area contributed by atoms with Gasteiger partial charge >= 0.3 is 6.09 Å². The van der Waals surface area contributed by atoms with Crippen LogP contribution >= 0.6 is 0 Å².